The van der Waals surface area contributed by atoms with Crippen LogP contribution in [0, 0.1) is 0 Å². The third kappa shape index (κ3) is 3.85. The van der Waals surface area contributed by atoms with Crippen LogP contribution < -0.4 is 5.32 Å². The molecule has 0 aliphatic heterocycles. The maximum Gasteiger partial charge on any atom is 0.224 e. The van der Waals surface area contributed by atoms with Gasteiger partial charge in [0, 0.05) is 12.0 Å². The Morgan fingerprint density at radius 3 is 2.45 bits per heavy atom. The zero-order valence-electron chi connectivity index (χ0n) is 12.2. The van der Waals surface area contributed by atoms with Gasteiger partial charge in [0.15, 0.2) is 17.3 Å². The summed E-state index contributed by atoms with van der Waals surface area (Å²) < 4.78 is 0. The van der Waals surface area contributed by atoms with Gasteiger partial charge in [-0.15, -0.1) is 0 Å². The zero-order chi connectivity index (χ0) is 16.1. The summed E-state index contributed by atoms with van der Waals surface area (Å²) in [4.78, 5) is 23.5. The lowest BCUT2D eigenvalue weighted by Gasteiger charge is -2.09. The molecule has 22 heavy (non-hydrogen) atoms. The molecule has 0 aliphatic rings. The van der Waals surface area contributed by atoms with Gasteiger partial charge in [-0.1, -0.05) is 18.2 Å². The zero-order valence-corrected chi connectivity index (χ0v) is 12.2. The maximum atomic E-state index is 12.0. The first kappa shape index (κ1) is 15.6. The predicted octanol–water partition coefficient (Wildman–Crippen LogP) is 2.87. The van der Waals surface area contributed by atoms with Crippen LogP contribution in [0.4, 0.5) is 5.69 Å². The minimum atomic E-state index is -0.221. The van der Waals surface area contributed by atoms with Crippen molar-refractivity contribution in [1.29, 1.82) is 0 Å². The Bertz CT molecular complexity index is 710. The minimum absolute atomic E-state index is 0.112. The largest absolute Gasteiger partial charge is 0.504 e. The van der Waals surface area contributed by atoms with Crippen LogP contribution in [0.25, 0.3) is 0 Å². The van der Waals surface area contributed by atoms with Crippen LogP contribution in [0.2, 0.25) is 0 Å². The standard InChI is InChI=1S/C17H17NO4/c1-11(19)13-4-2-3-5-14(13)18-17(22)9-7-12-6-8-15(20)16(21)10-12/h2-6,8,10,20-21H,7,9H2,1H3,(H,18,22). The van der Waals surface area contributed by atoms with Crippen molar-refractivity contribution >= 4 is 17.4 Å². The van der Waals surface area contributed by atoms with Gasteiger partial charge in [-0.2, -0.15) is 0 Å². The van der Waals surface area contributed by atoms with Crippen LogP contribution in [0.1, 0.15) is 29.3 Å². The normalized spacial score (nSPS) is 10.2. The van der Waals surface area contributed by atoms with Crippen LogP contribution in [-0.4, -0.2) is 21.9 Å². The first-order chi connectivity index (χ1) is 10.5. The summed E-state index contributed by atoms with van der Waals surface area (Å²) in [6, 6.07) is 11.3. The lowest BCUT2D eigenvalue weighted by molar-refractivity contribution is -0.116. The third-order valence-corrected chi connectivity index (χ3v) is 3.26. The number of para-hydroxylation sites is 1. The molecule has 114 valence electrons. The number of anilines is 1. The van der Waals surface area contributed by atoms with E-state index in [1.54, 1.807) is 30.3 Å². The second kappa shape index (κ2) is 6.76. The predicted molar refractivity (Wildman–Crippen MR) is 83.2 cm³/mol. The van der Waals surface area contributed by atoms with E-state index < -0.39 is 0 Å². The summed E-state index contributed by atoms with van der Waals surface area (Å²) in [6.07, 6.45) is 0.623. The molecule has 0 spiro atoms. The molecule has 2 aromatic rings. The molecule has 3 N–H and O–H groups in total. The van der Waals surface area contributed by atoms with E-state index in [0.29, 0.717) is 17.7 Å². The average Bonchev–Trinajstić information content (AvgIpc) is 2.49. The number of phenols is 2. The SMILES string of the molecule is CC(=O)c1ccccc1NC(=O)CCc1ccc(O)c(O)c1. The number of amides is 1. The number of phenolic OH excluding ortho intramolecular Hbond substituents is 2. The number of hydrogen-bond acceptors (Lipinski definition) is 4. The number of carbonyl (C=O) groups excluding carboxylic acids is 2. The first-order valence-corrected chi connectivity index (χ1v) is 6.88. The number of aryl methyl sites for hydroxylation is 1. The molecular formula is C17H17NO4. The molecule has 1 amide bonds. The molecule has 0 saturated carbocycles. The van der Waals surface area contributed by atoms with Crippen molar-refractivity contribution in [2.24, 2.45) is 0 Å². The Kier molecular flexibility index (Phi) is 4.78. The van der Waals surface area contributed by atoms with Gasteiger partial charge < -0.3 is 15.5 Å². The number of benzene rings is 2. The van der Waals surface area contributed by atoms with Crippen molar-refractivity contribution in [2.45, 2.75) is 19.8 Å². The summed E-state index contributed by atoms with van der Waals surface area (Å²) in [5.41, 5.74) is 1.71. The first-order valence-electron chi connectivity index (χ1n) is 6.88. The number of Topliss-reactive ketones (excluding diaryl/α,β-unsaturated/α-hetero) is 1. The van der Waals surface area contributed by atoms with Gasteiger partial charge in [0.25, 0.3) is 0 Å². The number of nitrogens with one attached hydrogen (secondary N) is 1. The van der Waals surface area contributed by atoms with Crippen molar-refractivity contribution in [3.8, 4) is 11.5 Å². The number of aromatic hydroxyl groups is 2. The summed E-state index contributed by atoms with van der Waals surface area (Å²) in [5.74, 6) is -0.732. The molecule has 0 bridgehead atoms. The Labute approximate surface area is 128 Å². The Hall–Kier alpha value is -2.82. The highest BCUT2D eigenvalue weighted by Gasteiger charge is 2.10. The van der Waals surface area contributed by atoms with E-state index in [-0.39, 0.29) is 29.6 Å². The van der Waals surface area contributed by atoms with Crippen LogP contribution in [0.15, 0.2) is 42.5 Å². The molecule has 0 atom stereocenters. The van der Waals surface area contributed by atoms with Crippen molar-refractivity contribution in [3.63, 3.8) is 0 Å². The molecule has 0 aromatic heterocycles. The molecule has 5 nitrogen and oxygen atoms in total. The number of carbonyl (C=O) groups is 2. The fraction of sp³-hybridized carbons (Fsp3) is 0.176. The van der Waals surface area contributed by atoms with Crippen molar-refractivity contribution < 1.29 is 19.8 Å². The summed E-state index contributed by atoms with van der Waals surface area (Å²) in [7, 11) is 0. The minimum Gasteiger partial charge on any atom is -0.504 e. The van der Waals surface area contributed by atoms with E-state index in [1.807, 2.05) is 0 Å². The smallest absolute Gasteiger partial charge is 0.224 e. The second-order valence-electron chi connectivity index (χ2n) is 4.97. The topological polar surface area (TPSA) is 86.6 Å². The average molecular weight is 299 g/mol. The van der Waals surface area contributed by atoms with E-state index in [4.69, 9.17) is 0 Å². The van der Waals surface area contributed by atoms with E-state index in [9.17, 15) is 19.8 Å². The van der Waals surface area contributed by atoms with E-state index >= 15 is 0 Å². The number of hydrogen-bond donors (Lipinski definition) is 3. The van der Waals surface area contributed by atoms with Crippen molar-refractivity contribution in [3.05, 3.63) is 53.6 Å². The maximum absolute atomic E-state index is 12.0. The Balaban J connectivity index is 1.99. The van der Waals surface area contributed by atoms with Gasteiger partial charge in [0.1, 0.15) is 0 Å². The molecule has 0 unspecified atom stereocenters. The fourth-order valence-electron chi connectivity index (χ4n) is 2.09. The number of ketones is 1. The fourth-order valence-corrected chi connectivity index (χ4v) is 2.09. The molecular weight excluding hydrogens is 282 g/mol. The van der Waals surface area contributed by atoms with E-state index in [0.717, 1.165) is 5.56 Å². The van der Waals surface area contributed by atoms with Crippen molar-refractivity contribution in [1.82, 2.24) is 0 Å². The highest BCUT2D eigenvalue weighted by atomic mass is 16.3. The lowest BCUT2D eigenvalue weighted by Crippen LogP contribution is -2.14. The third-order valence-electron chi connectivity index (χ3n) is 3.26. The highest BCUT2D eigenvalue weighted by Crippen LogP contribution is 2.25. The summed E-state index contributed by atoms with van der Waals surface area (Å²) in [6.45, 7) is 1.45. The van der Waals surface area contributed by atoms with Crippen LogP contribution in [-0.2, 0) is 11.2 Å². The van der Waals surface area contributed by atoms with Crippen LogP contribution in [0.5, 0.6) is 11.5 Å². The van der Waals surface area contributed by atoms with Gasteiger partial charge >= 0.3 is 0 Å². The van der Waals surface area contributed by atoms with E-state index in [2.05, 4.69) is 5.32 Å². The Morgan fingerprint density at radius 2 is 1.77 bits per heavy atom. The van der Waals surface area contributed by atoms with Gasteiger partial charge in [0.2, 0.25) is 5.91 Å². The lowest BCUT2D eigenvalue weighted by atomic mass is 10.1. The van der Waals surface area contributed by atoms with Crippen molar-refractivity contribution in [2.75, 3.05) is 5.32 Å². The van der Waals surface area contributed by atoms with Gasteiger partial charge in [-0.25, -0.2) is 0 Å². The highest BCUT2D eigenvalue weighted by molar-refractivity contribution is 6.03. The summed E-state index contributed by atoms with van der Waals surface area (Å²) >= 11 is 0. The molecule has 2 aromatic carbocycles. The molecule has 0 fully saturated rings. The molecule has 0 radical (unpaired) electrons. The quantitative estimate of drug-likeness (QED) is 0.585. The molecule has 0 saturated heterocycles. The van der Waals surface area contributed by atoms with Gasteiger partial charge in [-0.3, -0.25) is 9.59 Å². The molecule has 0 heterocycles. The molecule has 5 heteroatoms. The molecule has 2 rings (SSSR count). The van der Waals surface area contributed by atoms with E-state index in [1.165, 1.54) is 19.1 Å². The van der Waals surface area contributed by atoms with Gasteiger partial charge in [0.05, 0.1) is 5.69 Å². The Morgan fingerprint density at radius 1 is 1.05 bits per heavy atom. The number of rotatable bonds is 5. The van der Waals surface area contributed by atoms with Crippen LogP contribution >= 0.6 is 0 Å². The second-order valence-corrected chi connectivity index (χ2v) is 4.97. The monoisotopic (exact) mass is 299 g/mol. The molecule has 0 aliphatic carbocycles. The summed E-state index contributed by atoms with van der Waals surface area (Å²) in [5, 5.41) is 21.4. The van der Waals surface area contributed by atoms with Gasteiger partial charge in [-0.05, 0) is 43.2 Å². The van der Waals surface area contributed by atoms with Crippen LogP contribution in [0.3, 0.4) is 0 Å².